The maximum Gasteiger partial charge on any atom is 0.411 e. The number of hydrogen-bond donors (Lipinski definition) is 1. The van der Waals surface area contributed by atoms with Crippen LogP contribution in [0.15, 0.2) is 30.5 Å². The molecule has 2 bridgehead atoms. The molecule has 1 N–H and O–H groups in total. The van der Waals surface area contributed by atoms with Crippen LogP contribution in [-0.4, -0.2) is 110 Å². The summed E-state index contributed by atoms with van der Waals surface area (Å²) in [5, 5.41) is 11.4. The number of rotatable bonds is 14. The van der Waals surface area contributed by atoms with Gasteiger partial charge in [0.2, 0.25) is 0 Å². The maximum absolute atomic E-state index is 17.8. The zero-order valence-corrected chi connectivity index (χ0v) is 39.7. The summed E-state index contributed by atoms with van der Waals surface area (Å²) in [7, 11) is 0.786. The van der Waals surface area contributed by atoms with Gasteiger partial charge < -0.3 is 33.7 Å². The van der Waals surface area contributed by atoms with Crippen molar-refractivity contribution in [3.05, 3.63) is 47.7 Å². The van der Waals surface area contributed by atoms with Crippen molar-refractivity contribution in [2.75, 3.05) is 58.8 Å². The van der Waals surface area contributed by atoms with Gasteiger partial charge in [-0.1, -0.05) is 53.5 Å². The zero-order chi connectivity index (χ0) is 45.6. The van der Waals surface area contributed by atoms with E-state index in [-0.39, 0.29) is 61.0 Å². The molecule has 15 heteroatoms. The minimum absolute atomic E-state index is 0.0530. The number of aliphatic hydroxyl groups excluding tert-OH is 1. The number of methoxy groups -OCH3 is 2. The van der Waals surface area contributed by atoms with Crippen LogP contribution in [0.4, 0.5) is 19.4 Å². The van der Waals surface area contributed by atoms with Gasteiger partial charge >= 0.3 is 12.1 Å². The van der Waals surface area contributed by atoms with E-state index in [1.807, 2.05) is 30.6 Å². The van der Waals surface area contributed by atoms with E-state index < -0.39 is 42.4 Å². The monoisotopic (exact) mass is 887 g/mol. The third-order valence-electron chi connectivity index (χ3n) is 13.4. The van der Waals surface area contributed by atoms with Crippen molar-refractivity contribution in [3.8, 4) is 34.5 Å². The summed E-state index contributed by atoms with van der Waals surface area (Å²) >= 11 is 0. The number of halogens is 2. The molecule has 4 aromatic rings. The van der Waals surface area contributed by atoms with Crippen LogP contribution in [0, 0.1) is 28.5 Å². The second-order valence-corrected chi connectivity index (χ2v) is 25.3. The Hall–Kier alpha value is -4.62. The third-order valence-corrected chi connectivity index (χ3v) is 19.7. The highest BCUT2D eigenvalue weighted by atomic mass is 28.3. The summed E-state index contributed by atoms with van der Waals surface area (Å²) in [6.07, 6.45) is 4.06. The maximum atomic E-state index is 17.8. The van der Waals surface area contributed by atoms with Crippen LogP contribution in [0.1, 0.15) is 93.6 Å². The molecule has 3 aliphatic rings. The predicted octanol–water partition coefficient (Wildman–Crippen LogP) is 9.43. The van der Waals surface area contributed by atoms with Gasteiger partial charge in [-0.2, -0.15) is 9.97 Å². The van der Waals surface area contributed by atoms with Gasteiger partial charge in [0.1, 0.15) is 42.3 Å². The lowest BCUT2D eigenvalue weighted by Crippen LogP contribution is -2.66. The zero-order valence-electron chi connectivity index (χ0n) is 38.7. The molecular formula is C48H63F2N5O7Si. The van der Waals surface area contributed by atoms with Crippen molar-refractivity contribution in [1.29, 1.82) is 0 Å². The number of aliphatic hydroxyl groups is 1. The van der Waals surface area contributed by atoms with Crippen LogP contribution in [0.5, 0.6) is 11.8 Å². The molecule has 2 aliphatic heterocycles. The molecule has 1 amide bonds. The number of ether oxygens (including phenoxy) is 5. The fraction of sp³-hybridized carbons (Fsp3) is 0.583. The van der Waals surface area contributed by atoms with Gasteiger partial charge in [-0.3, -0.25) is 9.88 Å². The van der Waals surface area contributed by atoms with Gasteiger partial charge in [0.15, 0.2) is 12.6 Å². The number of carbonyl (C=O) groups is 1. The number of nitrogens with zero attached hydrogens (tertiary/aromatic N) is 5. The number of hydrogen-bond acceptors (Lipinski definition) is 11. The topological polar surface area (TPSA) is 129 Å². The third kappa shape index (κ3) is 8.80. The molecule has 63 heavy (non-hydrogen) atoms. The minimum atomic E-state index is -2.33. The Labute approximate surface area is 371 Å². The predicted molar refractivity (Wildman–Crippen MR) is 243 cm³/mol. The Bertz CT molecular complexity index is 2400. The molecule has 3 fully saturated rings. The van der Waals surface area contributed by atoms with Crippen LogP contribution >= 0.6 is 0 Å². The van der Waals surface area contributed by atoms with Crippen molar-refractivity contribution in [2.24, 2.45) is 5.41 Å². The highest BCUT2D eigenvalue weighted by molar-refractivity contribution is 6.90. The summed E-state index contributed by atoms with van der Waals surface area (Å²) in [5.74, 6) is 2.79. The van der Waals surface area contributed by atoms with Gasteiger partial charge in [-0.15, -0.1) is 5.54 Å². The standard InChI is InChI=1S/C48H63F2N5O7Si/c1-29(2)63(30(3)4,31(5)6)19-15-35-38(49)13-12-32-20-34(61-28-59-11)21-36(39(32)35)41-40(50)42-37(22-51-41)43(53-44(52-42)60-26-47(25-56)17-18-47)54-23-33-14-16-48(24-54,27-58-10)55(33)45(57)62-46(7,8)9/h12-13,20-22,29-31,33,56H,14,16-18,23-28H2,1-11H3. The number of benzene rings is 2. The van der Waals surface area contributed by atoms with E-state index in [1.54, 1.807) is 31.5 Å². The number of anilines is 1. The highest BCUT2D eigenvalue weighted by Gasteiger charge is 2.55. The largest absolute Gasteiger partial charge is 0.468 e. The minimum Gasteiger partial charge on any atom is -0.468 e. The summed E-state index contributed by atoms with van der Waals surface area (Å²) in [5.41, 5.74) is 2.99. The Kier molecular flexibility index (Phi) is 13.1. The molecule has 1 aliphatic carbocycles. The molecule has 2 aromatic carbocycles. The average Bonchev–Trinajstić information content (AvgIpc) is 3.96. The van der Waals surface area contributed by atoms with E-state index in [9.17, 15) is 9.90 Å². The molecule has 12 nitrogen and oxygen atoms in total. The molecule has 2 aromatic heterocycles. The number of aromatic nitrogens is 3. The molecular weight excluding hydrogens is 825 g/mol. The molecule has 1 saturated carbocycles. The smallest absolute Gasteiger partial charge is 0.411 e. The van der Waals surface area contributed by atoms with Crippen LogP contribution in [0.25, 0.3) is 32.9 Å². The highest BCUT2D eigenvalue weighted by Crippen LogP contribution is 2.47. The Morgan fingerprint density at radius 2 is 1.70 bits per heavy atom. The van der Waals surface area contributed by atoms with E-state index in [0.29, 0.717) is 70.3 Å². The number of pyridine rings is 1. The lowest BCUT2D eigenvalue weighted by molar-refractivity contribution is -0.0261. The van der Waals surface area contributed by atoms with Gasteiger partial charge in [-0.25, -0.2) is 13.6 Å². The molecule has 0 spiro atoms. The Morgan fingerprint density at radius 3 is 2.32 bits per heavy atom. The number of piperazine rings is 1. The molecule has 0 radical (unpaired) electrons. The number of fused-ring (bicyclic) bond motifs is 4. The summed E-state index contributed by atoms with van der Waals surface area (Å²) in [4.78, 5) is 31.9. The lowest BCUT2D eigenvalue weighted by atomic mass is 9.95. The molecule has 2 atom stereocenters. The summed E-state index contributed by atoms with van der Waals surface area (Å²) < 4.78 is 63.2. The first-order chi connectivity index (χ1) is 29.8. The summed E-state index contributed by atoms with van der Waals surface area (Å²) in [6, 6.07) is 6.12. The number of amides is 1. The fourth-order valence-electron chi connectivity index (χ4n) is 10.1. The van der Waals surface area contributed by atoms with Gasteiger partial charge in [-0.05, 0) is 86.7 Å². The molecule has 4 heterocycles. The summed E-state index contributed by atoms with van der Waals surface area (Å²) in [6.45, 7) is 19.7. The van der Waals surface area contributed by atoms with E-state index in [2.05, 4.69) is 58.0 Å². The van der Waals surface area contributed by atoms with Crippen molar-refractivity contribution in [3.63, 3.8) is 0 Å². The normalized spacial score (nSPS) is 19.6. The van der Waals surface area contributed by atoms with Crippen molar-refractivity contribution < 1.29 is 42.4 Å². The molecule has 7 rings (SSSR count). The molecule has 2 saturated heterocycles. The fourth-order valence-corrected chi connectivity index (χ4v) is 15.3. The van der Waals surface area contributed by atoms with E-state index in [4.69, 9.17) is 33.7 Å². The van der Waals surface area contributed by atoms with Crippen molar-refractivity contribution in [2.45, 2.75) is 122 Å². The van der Waals surface area contributed by atoms with E-state index in [0.717, 1.165) is 12.8 Å². The van der Waals surface area contributed by atoms with Crippen LogP contribution in [0.2, 0.25) is 16.6 Å². The van der Waals surface area contributed by atoms with E-state index in [1.165, 1.54) is 13.2 Å². The molecule has 340 valence electrons. The SMILES string of the molecule is COCOc1cc(-c2ncc3c(N4CC5CCC(COC)(C4)N5C(=O)OC(C)(C)C)nc(OCC4(CO)CC4)nc3c2F)c2c(C#C[Si](C(C)C)(C(C)C)C(C)C)c(F)ccc2c1. The average molecular weight is 888 g/mol. The Morgan fingerprint density at radius 1 is 0.984 bits per heavy atom. The van der Waals surface area contributed by atoms with Crippen LogP contribution in [-0.2, 0) is 14.2 Å². The quantitative estimate of drug-likeness (QED) is 0.0739. The number of carbonyl (C=O) groups excluding carboxylic acids is 1. The first-order valence-electron chi connectivity index (χ1n) is 22.1. The van der Waals surface area contributed by atoms with Crippen LogP contribution < -0.4 is 14.4 Å². The van der Waals surface area contributed by atoms with Gasteiger partial charge in [0.25, 0.3) is 0 Å². The first-order valence-corrected chi connectivity index (χ1v) is 24.3. The van der Waals surface area contributed by atoms with Gasteiger partial charge in [0.05, 0.1) is 42.4 Å². The second-order valence-electron chi connectivity index (χ2n) is 19.7. The van der Waals surface area contributed by atoms with Crippen LogP contribution in [0.3, 0.4) is 0 Å². The van der Waals surface area contributed by atoms with Gasteiger partial charge in [0, 0.05) is 49.9 Å². The second kappa shape index (κ2) is 17.7. The van der Waals surface area contributed by atoms with Crippen molar-refractivity contribution >= 4 is 41.7 Å². The van der Waals surface area contributed by atoms with E-state index >= 15 is 8.78 Å². The van der Waals surface area contributed by atoms with Crippen molar-refractivity contribution in [1.82, 2.24) is 19.9 Å². The first kappa shape index (κ1) is 46.4. The Balaban J connectivity index is 1.43. The molecule has 2 unspecified atom stereocenters. The lowest BCUT2D eigenvalue weighted by Gasteiger charge is -2.49.